The fourth-order valence-corrected chi connectivity index (χ4v) is 4.89. The van der Waals surface area contributed by atoms with Crippen LogP contribution >= 0.6 is 0 Å². The van der Waals surface area contributed by atoms with E-state index in [1.54, 1.807) is 19.1 Å². The van der Waals surface area contributed by atoms with Gasteiger partial charge in [0, 0.05) is 30.6 Å². The van der Waals surface area contributed by atoms with Gasteiger partial charge in [-0.15, -0.1) is 0 Å². The van der Waals surface area contributed by atoms with Gasteiger partial charge in [0.15, 0.2) is 0 Å². The monoisotopic (exact) mass is 413 g/mol. The lowest BCUT2D eigenvalue weighted by molar-refractivity contribution is 0.0735. The smallest absolute Gasteiger partial charge is 0.343 e. The number of carbonyl (C=O) groups is 1. The number of benzene rings is 2. The third kappa shape index (κ3) is 3.81. The minimum atomic E-state index is -3.53. The van der Waals surface area contributed by atoms with E-state index in [-0.39, 0.29) is 16.2 Å². The van der Waals surface area contributed by atoms with Crippen LogP contribution in [0, 0.1) is 6.92 Å². The van der Waals surface area contributed by atoms with Gasteiger partial charge in [0.25, 0.3) is 0 Å². The summed E-state index contributed by atoms with van der Waals surface area (Å²) in [5.74, 6) is -0.408. The largest absolute Gasteiger partial charge is 0.423 e. The Hall–Kier alpha value is -2.97. The maximum Gasteiger partial charge on any atom is 0.343 e. The van der Waals surface area contributed by atoms with Crippen molar-refractivity contribution >= 4 is 27.0 Å². The predicted octanol–water partition coefficient (Wildman–Crippen LogP) is 3.11. The summed E-state index contributed by atoms with van der Waals surface area (Å²) in [5, 5.41) is 0.751. The summed E-state index contributed by atoms with van der Waals surface area (Å²) < 4.78 is 37.1. The molecule has 3 aromatic rings. The van der Waals surface area contributed by atoms with Gasteiger partial charge in [0.1, 0.15) is 11.3 Å². The van der Waals surface area contributed by atoms with Gasteiger partial charge in [-0.3, -0.25) is 0 Å². The summed E-state index contributed by atoms with van der Waals surface area (Å²) >= 11 is 0. The highest BCUT2D eigenvalue weighted by Crippen LogP contribution is 2.24. The van der Waals surface area contributed by atoms with Crippen LogP contribution < -0.4 is 10.4 Å². The van der Waals surface area contributed by atoms with E-state index in [1.807, 2.05) is 0 Å². The molecule has 1 aliphatic heterocycles. The maximum absolute atomic E-state index is 12.6. The SMILES string of the molecule is Cc1cc(=O)oc2cc(OC(=O)c3ccc(S(=O)(=O)N4CCCC4)cc3)ccc12. The molecule has 0 amide bonds. The van der Waals surface area contributed by atoms with Crippen molar-refractivity contribution in [2.24, 2.45) is 0 Å². The standard InChI is InChI=1S/C21H19NO6S/c1-14-12-20(23)28-19-13-16(6-9-18(14)19)27-21(24)15-4-7-17(8-5-15)29(25,26)22-10-2-3-11-22/h4-9,12-13H,2-3,10-11H2,1H3. The third-order valence-electron chi connectivity index (χ3n) is 4.93. The summed E-state index contributed by atoms with van der Waals surface area (Å²) in [7, 11) is -3.53. The molecule has 2 aromatic carbocycles. The number of nitrogens with zero attached hydrogens (tertiary/aromatic N) is 1. The topological polar surface area (TPSA) is 93.9 Å². The highest BCUT2D eigenvalue weighted by atomic mass is 32.2. The number of fused-ring (bicyclic) bond motifs is 1. The van der Waals surface area contributed by atoms with Gasteiger partial charge in [-0.1, -0.05) is 0 Å². The molecule has 2 heterocycles. The molecule has 1 aliphatic rings. The highest BCUT2D eigenvalue weighted by Gasteiger charge is 2.27. The first-order chi connectivity index (χ1) is 13.8. The second-order valence-electron chi connectivity index (χ2n) is 6.93. The maximum atomic E-state index is 12.6. The van der Waals surface area contributed by atoms with E-state index in [4.69, 9.17) is 9.15 Å². The van der Waals surface area contributed by atoms with E-state index in [0.717, 1.165) is 23.8 Å². The van der Waals surface area contributed by atoms with Gasteiger partial charge in [-0.05, 0) is 61.7 Å². The molecule has 0 spiro atoms. The van der Waals surface area contributed by atoms with Crippen molar-refractivity contribution in [2.75, 3.05) is 13.1 Å². The minimum absolute atomic E-state index is 0.152. The lowest BCUT2D eigenvalue weighted by Gasteiger charge is -2.15. The first-order valence-corrected chi connectivity index (χ1v) is 10.7. The zero-order valence-corrected chi connectivity index (χ0v) is 16.6. The number of aryl methyl sites for hydroxylation is 1. The normalized spacial score (nSPS) is 14.9. The van der Waals surface area contributed by atoms with E-state index in [0.29, 0.717) is 18.7 Å². The first kappa shape index (κ1) is 19.4. The van der Waals surface area contributed by atoms with Gasteiger partial charge < -0.3 is 9.15 Å². The van der Waals surface area contributed by atoms with Crippen LogP contribution in [0.3, 0.4) is 0 Å². The van der Waals surface area contributed by atoms with Crippen molar-refractivity contribution < 1.29 is 22.4 Å². The van der Waals surface area contributed by atoms with Crippen molar-refractivity contribution in [1.82, 2.24) is 4.31 Å². The number of ether oxygens (including phenoxy) is 1. The molecule has 7 nitrogen and oxygen atoms in total. The molecule has 29 heavy (non-hydrogen) atoms. The second kappa shape index (κ2) is 7.46. The molecule has 0 atom stereocenters. The Kier molecular flexibility index (Phi) is 4.97. The lowest BCUT2D eigenvalue weighted by atomic mass is 10.1. The van der Waals surface area contributed by atoms with Crippen molar-refractivity contribution in [2.45, 2.75) is 24.7 Å². The molecule has 0 N–H and O–H groups in total. The molecule has 8 heteroatoms. The van der Waals surface area contributed by atoms with Crippen LogP contribution in [0.2, 0.25) is 0 Å². The molecular formula is C21H19NO6S. The second-order valence-corrected chi connectivity index (χ2v) is 8.87. The van der Waals surface area contributed by atoms with Crippen LogP contribution in [0.1, 0.15) is 28.8 Å². The summed E-state index contributed by atoms with van der Waals surface area (Å²) in [6.45, 7) is 2.83. The number of hydrogen-bond donors (Lipinski definition) is 0. The van der Waals surface area contributed by atoms with Crippen molar-refractivity contribution in [3.05, 3.63) is 70.1 Å². The molecule has 0 radical (unpaired) electrons. The molecule has 150 valence electrons. The molecule has 1 saturated heterocycles. The molecule has 0 aliphatic carbocycles. The molecule has 0 unspecified atom stereocenters. The van der Waals surface area contributed by atoms with Crippen LogP contribution in [0.25, 0.3) is 11.0 Å². The number of hydrogen-bond acceptors (Lipinski definition) is 6. The zero-order chi connectivity index (χ0) is 20.6. The predicted molar refractivity (Wildman–Crippen MR) is 107 cm³/mol. The van der Waals surface area contributed by atoms with Crippen molar-refractivity contribution in [3.8, 4) is 5.75 Å². The van der Waals surface area contributed by atoms with Crippen LogP contribution in [0.4, 0.5) is 0 Å². The van der Waals surface area contributed by atoms with Crippen molar-refractivity contribution in [1.29, 1.82) is 0 Å². The van der Waals surface area contributed by atoms with Gasteiger partial charge in [-0.2, -0.15) is 4.31 Å². The summed E-state index contributed by atoms with van der Waals surface area (Å²) in [4.78, 5) is 24.1. The molecule has 4 rings (SSSR count). The average Bonchev–Trinajstić information content (AvgIpc) is 3.23. The van der Waals surface area contributed by atoms with Crippen LogP contribution in [-0.4, -0.2) is 31.8 Å². The lowest BCUT2D eigenvalue weighted by Crippen LogP contribution is -2.27. The number of carbonyl (C=O) groups excluding carboxylic acids is 1. The van der Waals surface area contributed by atoms with E-state index >= 15 is 0 Å². The molecule has 0 saturated carbocycles. The van der Waals surface area contributed by atoms with Crippen LogP contribution in [0.15, 0.2) is 62.6 Å². The fraction of sp³-hybridized carbons (Fsp3) is 0.238. The molecule has 1 fully saturated rings. The van der Waals surface area contributed by atoms with Crippen LogP contribution in [-0.2, 0) is 10.0 Å². The number of esters is 1. The summed E-state index contributed by atoms with van der Waals surface area (Å²) in [6.07, 6.45) is 1.71. The Morgan fingerprint density at radius 1 is 1.03 bits per heavy atom. The summed E-state index contributed by atoms with van der Waals surface area (Å²) in [6, 6.07) is 11.9. The van der Waals surface area contributed by atoms with Crippen molar-refractivity contribution in [3.63, 3.8) is 0 Å². The zero-order valence-electron chi connectivity index (χ0n) is 15.8. The molecule has 1 aromatic heterocycles. The Balaban J connectivity index is 1.54. The van der Waals surface area contributed by atoms with E-state index in [2.05, 4.69) is 0 Å². The van der Waals surface area contributed by atoms with Crippen LogP contribution in [0.5, 0.6) is 5.75 Å². The third-order valence-corrected chi connectivity index (χ3v) is 6.84. The fourth-order valence-electron chi connectivity index (χ4n) is 3.38. The Bertz CT molecular complexity index is 1240. The van der Waals surface area contributed by atoms with Gasteiger partial charge in [-0.25, -0.2) is 18.0 Å². The van der Waals surface area contributed by atoms with E-state index < -0.39 is 21.6 Å². The van der Waals surface area contributed by atoms with E-state index in [9.17, 15) is 18.0 Å². The van der Waals surface area contributed by atoms with Gasteiger partial charge in [0.2, 0.25) is 10.0 Å². The quantitative estimate of drug-likeness (QED) is 0.371. The van der Waals surface area contributed by atoms with Gasteiger partial charge in [0.05, 0.1) is 10.5 Å². The highest BCUT2D eigenvalue weighted by molar-refractivity contribution is 7.89. The Morgan fingerprint density at radius 3 is 2.41 bits per heavy atom. The Morgan fingerprint density at radius 2 is 1.72 bits per heavy atom. The average molecular weight is 413 g/mol. The number of sulfonamides is 1. The summed E-state index contributed by atoms with van der Waals surface area (Å²) in [5.41, 5.74) is 0.834. The molecule has 0 bridgehead atoms. The first-order valence-electron chi connectivity index (χ1n) is 9.21. The molecular weight excluding hydrogens is 394 g/mol. The number of rotatable bonds is 4. The minimum Gasteiger partial charge on any atom is -0.423 e. The van der Waals surface area contributed by atoms with E-state index in [1.165, 1.54) is 40.7 Å². The van der Waals surface area contributed by atoms with Gasteiger partial charge >= 0.3 is 11.6 Å². The Labute approximate surface area is 167 Å².